The van der Waals surface area contributed by atoms with Crippen LogP contribution < -0.4 is 10.5 Å². The van der Waals surface area contributed by atoms with E-state index in [-0.39, 0.29) is 29.4 Å². The Bertz CT molecular complexity index is 860. The second-order valence-corrected chi connectivity index (χ2v) is 4.78. The summed E-state index contributed by atoms with van der Waals surface area (Å²) < 4.78 is 45.9. The fraction of sp³-hybridized carbons (Fsp3) is 0.231. The van der Waals surface area contributed by atoms with Crippen LogP contribution in [0.1, 0.15) is 5.82 Å². The number of pyridine rings is 1. The van der Waals surface area contributed by atoms with Crippen LogP contribution in [0.15, 0.2) is 22.9 Å². The number of hydrogen-bond acceptors (Lipinski definition) is 9. The Morgan fingerprint density at radius 3 is 2.56 bits per heavy atom. The van der Waals surface area contributed by atoms with Crippen molar-refractivity contribution in [2.45, 2.75) is 13.1 Å². The number of anilines is 1. The molecule has 0 aromatic carbocycles. The number of nitrogens with two attached hydrogens (primary N) is 1. The lowest BCUT2D eigenvalue weighted by Gasteiger charge is -2.07. The number of alkyl halides is 3. The van der Waals surface area contributed by atoms with Gasteiger partial charge in [0.15, 0.2) is 6.61 Å². The summed E-state index contributed by atoms with van der Waals surface area (Å²) in [5, 5.41) is 3.73. The topological polar surface area (TPSA) is 126 Å². The number of ether oxygens (including phenoxy) is 1. The van der Waals surface area contributed by atoms with Crippen LogP contribution in [0.5, 0.6) is 5.88 Å². The molecule has 0 aliphatic heterocycles. The van der Waals surface area contributed by atoms with Gasteiger partial charge in [0, 0.05) is 12.3 Å². The van der Waals surface area contributed by atoms with Gasteiger partial charge in [-0.25, -0.2) is 9.97 Å². The number of halogens is 3. The zero-order valence-corrected chi connectivity index (χ0v) is 12.7. The molecule has 3 heterocycles. The van der Waals surface area contributed by atoms with Crippen molar-refractivity contribution in [3.8, 4) is 29.0 Å². The number of rotatable bonds is 4. The summed E-state index contributed by atoms with van der Waals surface area (Å²) in [5.74, 6) is 0.536. The monoisotopic (exact) mass is 353 g/mol. The largest absolute Gasteiger partial charge is 0.468 e. The van der Waals surface area contributed by atoms with Crippen molar-refractivity contribution < 1.29 is 22.4 Å². The summed E-state index contributed by atoms with van der Waals surface area (Å²) in [6, 6.07) is 2.69. The van der Waals surface area contributed by atoms with Crippen molar-refractivity contribution in [3.63, 3.8) is 0 Å². The van der Waals surface area contributed by atoms with E-state index in [1.807, 2.05) is 0 Å². The predicted molar refractivity (Wildman–Crippen MR) is 77.0 cm³/mol. The van der Waals surface area contributed by atoms with E-state index in [4.69, 9.17) is 10.3 Å². The highest BCUT2D eigenvalue weighted by Gasteiger charge is 2.28. The summed E-state index contributed by atoms with van der Waals surface area (Å²) >= 11 is 0. The first-order chi connectivity index (χ1) is 11.8. The molecule has 3 rings (SSSR count). The van der Waals surface area contributed by atoms with Crippen LogP contribution in [0, 0.1) is 6.92 Å². The van der Waals surface area contributed by atoms with Gasteiger partial charge in [-0.1, -0.05) is 5.16 Å². The van der Waals surface area contributed by atoms with E-state index in [2.05, 4.69) is 34.8 Å². The van der Waals surface area contributed by atoms with Gasteiger partial charge in [0.2, 0.25) is 23.5 Å². The van der Waals surface area contributed by atoms with Crippen LogP contribution in [0.4, 0.5) is 19.1 Å². The SMILES string of the molecule is Cc1nc(N)nc(-c2noc(-c3ccc(OCC(F)(F)F)nc3)n2)n1. The molecular weight excluding hydrogens is 343 g/mol. The number of aryl methyl sites for hydroxylation is 1. The number of nitrogens with zero attached hydrogens (tertiary/aromatic N) is 6. The average molecular weight is 353 g/mol. The normalized spacial score (nSPS) is 11.5. The van der Waals surface area contributed by atoms with Crippen LogP contribution in [-0.2, 0) is 0 Å². The van der Waals surface area contributed by atoms with Gasteiger partial charge in [-0.3, -0.25) is 0 Å². The fourth-order valence-corrected chi connectivity index (χ4v) is 1.78. The average Bonchev–Trinajstić information content (AvgIpc) is 3.02. The van der Waals surface area contributed by atoms with E-state index in [0.717, 1.165) is 0 Å². The van der Waals surface area contributed by atoms with Crippen LogP contribution in [0.25, 0.3) is 23.1 Å². The van der Waals surface area contributed by atoms with Crippen LogP contribution in [-0.4, -0.2) is 42.9 Å². The zero-order valence-electron chi connectivity index (χ0n) is 12.7. The first-order valence-electron chi connectivity index (χ1n) is 6.78. The molecule has 0 unspecified atom stereocenters. The maximum absolute atomic E-state index is 12.1. The van der Waals surface area contributed by atoms with E-state index in [1.165, 1.54) is 18.3 Å². The van der Waals surface area contributed by atoms with Gasteiger partial charge in [-0.05, 0) is 13.0 Å². The van der Waals surface area contributed by atoms with Crippen LogP contribution in [0.3, 0.4) is 0 Å². The highest BCUT2D eigenvalue weighted by molar-refractivity contribution is 5.55. The lowest BCUT2D eigenvalue weighted by molar-refractivity contribution is -0.154. The second-order valence-electron chi connectivity index (χ2n) is 4.78. The molecule has 0 amide bonds. The highest BCUT2D eigenvalue weighted by atomic mass is 19.4. The van der Waals surface area contributed by atoms with E-state index in [9.17, 15) is 13.2 Å². The number of hydrogen-bond donors (Lipinski definition) is 1. The van der Waals surface area contributed by atoms with Crippen molar-refractivity contribution in [1.29, 1.82) is 0 Å². The van der Waals surface area contributed by atoms with Crippen molar-refractivity contribution in [1.82, 2.24) is 30.1 Å². The highest BCUT2D eigenvalue weighted by Crippen LogP contribution is 2.22. The summed E-state index contributed by atoms with van der Waals surface area (Å²) in [6.07, 6.45) is -3.19. The van der Waals surface area contributed by atoms with E-state index in [1.54, 1.807) is 6.92 Å². The standard InChI is InChI=1S/C13H10F3N7O2/c1-6-19-9(22-12(17)20-6)10-21-11(25-23-10)7-2-3-8(18-4-7)24-5-13(14,15)16/h2-4H,5H2,1H3,(H2,17,19,20,22). The summed E-state index contributed by atoms with van der Waals surface area (Å²) in [4.78, 5) is 19.6. The molecule has 0 aliphatic carbocycles. The molecule has 12 heteroatoms. The Morgan fingerprint density at radius 2 is 1.92 bits per heavy atom. The molecule has 0 aliphatic rings. The molecule has 2 N–H and O–H groups in total. The Morgan fingerprint density at radius 1 is 1.12 bits per heavy atom. The first-order valence-corrected chi connectivity index (χ1v) is 6.78. The Labute approximate surface area is 138 Å². The molecule has 0 saturated carbocycles. The molecule has 0 radical (unpaired) electrons. The molecule has 0 saturated heterocycles. The minimum absolute atomic E-state index is 0.0154. The lowest BCUT2D eigenvalue weighted by atomic mass is 10.3. The van der Waals surface area contributed by atoms with Crippen molar-refractivity contribution in [2.75, 3.05) is 12.3 Å². The molecule has 3 aromatic heterocycles. The predicted octanol–water partition coefficient (Wildman–Crippen LogP) is 1.82. The van der Waals surface area contributed by atoms with Gasteiger partial charge in [-0.2, -0.15) is 28.1 Å². The third-order valence-corrected chi connectivity index (χ3v) is 2.76. The molecule has 0 fully saturated rings. The third kappa shape index (κ3) is 4.16. The van der Waals surface area contributed by atoms with E-state index >= 15 is 0 Å². The van der Waals surface area contributed by atoms with Gasteiger partial charge in [0.05, 0.1) is 5.56 Å². The first kappa shape index (κ1) is 16.5. The lowest BCUT2D eigenvalue weighted by Crippen LogP contribution is -2.19. The third-order valence-electron chi connectivity index (χ3n) is 2.76. The van der Waals surface area contributed by atoms with Crippen molar-refractivity contribution in [2.24, 2.45) is 0 Å². The molecule has 9 nitrogen and oxygen atoms in total. The summed E-state index contributed by atoms with van der Waals surface area (Å²) in [7, 11) is 0. The molecule has 0 bridgehead atoms. The summed E-state index contributed by atoms with van der Waals surface area (Å²) in [5.41, 5.74) is 5.92. The van der Waals surface area contributed by atoms with Crippen molar-refractivity contribution >= 4 is 5.95 Å². The van der Waals surface area contributed by atoms with Gasteiger partial charge in [-0.15, -0.1) is 0 Å². The Balaban J connectivity index is 1.78. The minimum atomic E-state index is -4.44. The van der Waals surface area contributed by atoms with E-state index < -0.39 is 12.8 Å². The van der Waals surface area contributed by atoms with Gasteiger partial charge >= 0.3 is 6.18 Å². The molecule has 3 aromatic rings. The maximum Gasteiger partial charge on any atom is 0.422 e. The molecule has 25 heavy (non-hydrogen) atoms. The second kappa shape index (κ2) is 6.30. The quantitative estimate of drug-likeness (QED) is 0.747. The van der Waals surface area contributed by atoms with E-state index in [0.29, 0.717) is 11.4 Å². The smallest absolute Gasteiger partial charge is 0.422 e. The summed E-state index contributed by atoms with van der Waals surface area (Å²) in [6.45, 7) is 0.205. The van der Waals surface area contributed by atoms with Crippen LogP contribution >= 0.6 is 0 Å². The van der Waals surface area contributed by atoms with Crippen LogP contribution in [0.2, 0.25) is 0 Å². The molecular formula is C13H10F3N7O2. The molecule has 0 spiro atoms. The molecule has 130 valence electrons. The number of nitrogen functional groups attached to an aromatic ring is 1. The zero-order chi connectivity index (χ0) is 18.0. The Kier molecular flexibility index (Phi) is 4.17. The van der Waals surface area contributed by atoms with Gasteiger partial charge in [0.25, 0.3) is 5.89 Å². The maximum atomic E-state index is 12.1. The van der Waals surface area contributed by atoms with Crippen molar-refractivity contribution in [3.05, 3.63) is 24.2 Å². The Hall–Kier alpha value is -3.31. The van der Waals surface area contributed by atoms with Gasteiger partial charge in [0.1, 0.15) is 5.82 Å². The minimum Gasteiger partial charge on any atom is -0.468 e. The fourth-order valence-electron chi connectivity index (χ4n) is 1.78. The molecule has 0 atom stereocenters. The number of aromatic nitrogens is 6. The van der Waals surface area contributed by atoms with Gasteiger partial charge < -0.3 is 15.0 Å².